The fourth-order valence-corrected chi connectivity index (χ4v) is 4.72. The number of piperidine rings is 1. The van der Waals surface area contributed by atoms with Crippen LogP contribution in [0.15, 0.2) is 18.5 Å². The second-order valence-corrected chi connectivity index (χ2v) is 8.54. The lowest BCUT2D eigenvalue weighted by molar-refractivity contribution is 0.216. The number of hydrogen-bond donors (Lipinski definition) is 2. The topological polar surface area (TPSA) is 89.3 Å². The number of ether oxygens (including phenoxy) is 1. The molecule has 178 valence electrons. The van der Waals surface area contributed by atoms with Gasteiger partial charge in [0, 0.05) is 24.1 Å². The largest absolute Gasteiger partial charge is 0.495 e. The third-order valence-corrected chi connectivity index (χ3v) is 6.78. The van der Waals surface area contributed by atoms with Crippen LogP contribution in [-0.2, 0) is 5.41 Å². The van der Waals surface area contributed by atoms with Gasteiger partial charge in [0.1, 0.15) is 22.8 Å². The number of methoxy groups -OCH3 is 1. The second kappa shape index (κ2) is 9.99. The second-order valence-electron chi connectivity index (χ2n) is 8.54. The molecular formula is C24H34FN7O. The number of nitrogens with one attached hydrogen (secondary N) is 2. The van der Waals surface area contributed by atoms with E-state index in [-0.39, 0.29) is 17.2 Å². The van der Waals surface area contributed by atoms with E-state index in [1.165, 1.54) is 12.6 Å². The smallest absolute Gasteiger partial charge is 0.223 e. The van der Waals surface area contributed by atoms with Crippen molar-refractivity contribution in [3.8, 4) is 17.1 Å². The van der Waals surface area contributed by atoms with E-state index in [9.17, 15) is 4.39 Å². The summed E-state index contributed by atoms with van der Waals surface area (Å²) in [5.41, 5.74) is 2.22. The van der Waals surface area contributed by atoms with Gasteiger partial charge in [0.2, 0.25) is 5.95 Å². The van der Waals surface area contributed by atoms with Gasteiger partial charge in [-0.25, -0.2) is 23.9 Å². The fourth-order valence-electron chi connectivity index (χ4n) is 4.72. The van der Waals surface area contributed by atoms with Gasteiger partial charge in [0.05, 0.1) is 19.5 Å². The summed E-state index contributed by atoms with van der Waals surface area (Å²) < 4.78 is 22.1. The molecule has 1 saturated heterocycles. The first-order valence-corrected chi connectivity index (χ1v) is 12.1. The van der Waals surface area contributed by atoms with Crippen LogP contribution in [0.5, 0.6) is 5.75 Å². The lowest BCUT2D eigenvalue weighted by Crippen LogP contribution is -2.38. The van der Waals surface area contributed by atoms with Crippen LogP contribution in [-0.4, -0.2) is 50.8 Å². The van der Waals surface area contributed by atoms with Crippen LogP contribution in [0.1, 0.15) is 65.0 Å². The summed E-state index contributed by atoms with van der Waals surface area (Å²) in [6.07, 6.45) is 9.26. The average Bonchev–Trinajstić information content (AvgIpc) is 3.24. The standard InChI is InChI=1S/C22H28FN7O.C2H6/c1-3-22(7-5-8-22)20-17(31-2)10-18-25-13-16(30(18)29-20)19-15(23)12-26-21(28-19)27-14-6-4-9-24-11-14;1-2/h10,12-14,24H,3-9,11H2,1-2H3,(H,26,27,28);1-2H3. The molecule has 33 heavy (non-hydrogen) atoms. The minimum atomic E-state index is -0.498. The molecule has 1 aliphatic heterocycles. The van der Waals surface area contributed by atoms with E-state index in [0.29, 0.717) is 17.3 Å². The minimum absolute atomic E-state index is 0.00594. The third kappa shape index (κ3) is 4.38. The van der Waals surface area contributed by atoms with Gasteiger partial charge in [-0.15, -0.1) is 0 Å². The monoisotopic (exact) mass is 455 g/mol. The molecule has 0 amide bonds. The zero-order valence-electron chi connectivity index (χ0n) is 20.0. The number of halogens is 1. The van der Waals surface area contributed by atoms with Crippen molar-refractivity contribution in [3.05, 3.63) is 30.0 Å². The summed E-state index contributed by atoms with van der Waals surface area (Å²) >= 11 is 0. The maximum atomic E-state index is 14.8. The van der Waals surface area contributed by atoms with E-state index in [4.69, 9.17) is 9.84 Å². The van der Waals surface area contributed by atoms with Gasteiger partial charge < -0.3 is 15.4 Å². The first-order chi connectivity index (χ1) is 16.1. The molecule has 4 heterocycles. The highest BCUT2D eigenvalue weighted by Gasteiger charge is 2.41. The van der Waals surface area contributed by atoms with Crippen molar-refractivity contribution >= 4 is 11.6 Å². The third-order valence-electron chi connectivity index (χ3n) is 6.78. The molecular weight excluding hydrogens is 421 g/mol. The first kappa shape index (κ1) is 23.4. The van der Waals surface area contributed by atoms with Crippen molar-refractivity contribution in [1.29, 1.82) is 0 Å². The van der Waals surface area contributed by atoms with E-state index in [0.717, 1.165) is 56.6 Å². The van der Waals surface area contributed by atoms with E-state index in [2.05, 4.69) is 32.5 Å². The Morgan fingerprint density at radius 3 is 2.70 bits per heavy atom. The molecule has 3 aromatic heterocycles. The molecule has 2 N–H and O–H groups in total. The Kier molecular flexibility index (Phi) is 7.07. The van der Waals surface area contributed by atoms with Gasteiger partial charge in [-0.2, -0.15) is 5.10 Å². The van der Waals surface area contributed by atoms with Crippen LogP contribution >= 0.6 is 0 Å². The Hall–Kier alpha value is -2.81. The molecule has 2 fully saturated rings. The molecule has 8 nitrogen and oxygen atoms in total. The van der Waals surface area contributed by atoms with Crippen LogP contribution in [0.25, 0.3) is 17.0 Å². The van der Waals surface area contributed by atoms with Gasteiger partial charge in [-0.3, -0.25) is 0 Å². The maximum absolute atomic E-state index is 14.8. The summed E-state index contributed by atoms with van der Waals surface area (Å²) in [6, 6.07) is 2.11. The summed E-state index contributed by atoms with van der Waals surface area (Å²) in [5.74, 6) is 0.654. The van der Waals surface area contributed by atoms with Crippen molar-refractivity contribution in [3.63, 3.8) is 0 Å². The lowest BCUT2D eigenvalue weighted by Gasteiger charge is -2.41. The van der Waals surface area contributed by atoms with E-state index in [1.54, 1.807) is 17.8 Å². The summed E-state index contributed by atoms with van der Waals surface area (Å²) in [6.45, 7) is 8.04. The van der Waals surface area contributed by atoms with Gasteiger partial charge >= 0.3 is 0 Å². The molecule has 9 heteroatoms. The zero-order chi connectivity index (χ0) is 23.4. The zero-order valence-corrected chi connectivity index (χ0v) is 20.0. The van der Waals surface area contributed by atoms with Crippen molar-refractivity contribution in [2.75, 3.05) is 25.5 Å². The Labute approximate surface area is 194 Å². The molecule has 1 unspecified atom stereocenters. The molecule has 2 aliphatic rings. The number of nitrogens with zero attached hydrogens (tertiary/aromatic N) is 5. The van der Waals surface area contributed by atoms with Crippen LogP contribution in [0, 0.1) is 5.82 Å². The fraction of sp³-hybridized carbons (Fsp3) is 0.583. The van der Waals surface area contributed by atoms with Gasteiger partial charge in [0.25, 0.3) is 0 Å². The van der Waals surface area contributed by atoms with E-state index in [1.807, 2.05) is 19.9 Å². The van der Waals surface area contributed by atoms with Gasteiger partial charge in [-0.1, -0.05) is 27.2 Å². The molecule has 1 atom stereocenters. The first-order valence-electron chi connectivity index (χ1n) is 12.1. The summed E-state index contributed by atoms with van der Waals surface area (Å²) in [7, 11) is 1.66. The van der Waals surface area contributed by atoms with E-state index < -0.39 is 5.82 Å². The quantitative estimate of drug-likeness (QED) is 0.571. The van der Waals surface area contributed by atoms with Gasteiger partial charge in [-0.05, 0) is 38.6 Å². The minimum Gasteiger partial charge on any atom is -0.495 e. The van der Waals surface area contributed by atoms with Crippen LogP contribution in [0.2, 0.25) is 0 Å². The van der Waals surface area contributed by atoms with E-state index >= 15 is 0 Å². The van der Waals surface area contributed by atoms with Crippen LogP contribution in [0.4, 0.5) is 10.3 Å². The number of imidazole rings is 1. The predicted molar refractivity (Wildman–Crippen MR) is 127 cm³/mol. The summed E-state index contributed by atoms with van der Waals surface area (Å²) in [4.78, 5) is 13.1. The number of rotatable bonds is 6. The lowest BCUT2D eigenvalue weighted by atomic mass is 9.64. The Balaban J connectivity index is 0.00000126. The maximum Gasteiger partial charge on any atom is 0.223 e. The number of hydrogen-bond acceptors (Lipinski definition) is 7. The van der Waals surface area contributed by atoms with Crippen molar-refractivity contribution in [2.45, 2.75) is 70.8 Å². The normalized spacial score (nSPS) is 19.4. The molecule has 0 bridgehead atoms. The highest BCUT2D eigenvalue weighted by Crippen LogP contribution is 2.48. The number of anilines is 1. The summed E-state index contributed by atoms with van der Waals surface area (Å²) in [5, 5.41) is 11.6. The van der Waals surface area contributed by atoms with Crippen LogP contribution in [0.3, 0.4) is 0 Å². The van der Waals surface area contributed by atoms with Crippen molar-refractivity contribution in [1.82, 2.24) is 29.9 Å². The Morgan fingerprint density at radius 2 is 2.06 bits per heavy atom. The number of aromatic nitrogens is 5. The van der Waals surface area contributed by atoms with Crippen LogP contribution < -0.4 is 15.4 Å². The average molecular weight is 456 g/mol. The number of fused-ring (bicyclic) bond motifs is 1. The Bertz CT molecular complexity index is 1080. The highest BCUT2D eigenvalue weighted by molar-refractivity contribution is 5.62. The van der Waals surface area contributed by atoms with Crippen molar-refractivity contribution < 1.29 is 9.13 Å². The predicted octanol–water partition coefficient (Wildman–Crippen LogP) is 4.36. The molecule has 0 radical (unpaired) electrons. The molecule has 3 aromatic rings. The van der Waals surface area contributed by atoms with Gasteiger partial charge in [0.15, 0.2) is 11.5 Å². The molecule has 1 aliphatic carbocycles. The molecule has 5 rings (SSSR count). The highest BCUT2D eigenvalue weighted by atomic mass is 19.1. The SMILES string of the molecule is CC.CCC1(c2nn3c(-c4nc(NC5CCCNC5)ncc4F)cnc3cc2OC)CCC1. The molecule has 0 aromatic carbocycles. The van der Waals surface area contributed by atoms with Crippen molar-refractivity contribution in [2.24, 2.45) is 0 Å². The molecule has 0 spiro atoms. The molecule has 1 saturated carbocycles. The Morgan fingerprint density at radius 1 is 1.24 bits per heavy atom.